The van der Waals surface area contributed by atoms with Crippen molar-refractivity contribution in [2.24, 2.45) is 0 Å². The van der Waals surface area contributed by atoms with Gasteiger partial charge in [-0.15, -0.1) is 0 Å². The predicted octanol–water partition coefficient (Wildman–Crippen LogP) is 5.95. The van der Waals surface area contributed by atoms with Crippen LogP contribution in [0.15, 0.2) is 83.3 Å². The zero-order valence-corrected chi connectivity index (χ0v) is 21.5. The highest BCUT2D eigenvalue weighted by molar-refractivity contribution is 5.91. The predicted molar refractivity (Wildman–Crippen MR) is 141 cm³/mol. The second-order valence-electron chi connectivity index (χ2n) is 9.37. The molecule has 39 heavy (non-hydrogen) atoms. The summed E-state index contributed by atoms with van der Waals surface area (Å²) in [4.78, 5) is 27.0. The third-order valence-electron chi connectivity index (χ3n) is 6.77. The Hall–Kier alpha value is -4.46. The summed E-state index contributed by atoms with van der Waals surface area (Å²) in [6.07, 6.45) is 1.05. The monoisotopic (exact) mass is 530 g/mol. The van der Waals surface area contributed by atoms with Gasteiger partial charge in [0.25, 0.3) is 5.91 Å². The molecule has 1 unspecified atom stereocenters. The van der Waals surface area contributed by atoms with Gasteiger partial charge in [0.15, 0.2) is 5.76 Å². The number of rotatable bonds is 8. The second-order valence-corrected chi connectivity index (χ2v) is 9.37. The number of benzene rings is 3. The number of hydrogen-bond acceptors (Lipinski definition) is 4. The highest BCUT2D eigenvalue weighted by Crippen LogP contribution is 2.38. The standard InChI is InChI=1S/C31H28F2N2O4/c1-2-29(36)35-15-14-21-8-11-25(17-27(21)30(35)22-4-3-5-24(33)16-22)38-19-26-12-13-28(39-26)31(37)34-18-20-6-9-23(32)10-7-20/h3-13,16-17,30H,2,14-15,18-19H2,1H3,(H,34,37). The number of nitrogens with zero attached hydrogens (tertiary/aromatic N) is 1. The molecular formula is C31H28F2N2O4. The second kappa shape index (κ2) is 11.5. The summed E-state index contributed by atoms with van der Waals surface area (Å²) in [6, 6.07) is 20.8. The molecular weight excluding hydrogens is 502 g/mol. The quantitative estimate of drug-likeness (QED) is 0.306. The van der Waals surface area contributed by atoms with Gasteiger partial charge in [0.05, 0.1) is 6.04 Å². The highest BCUT2D eigenvalue weighted by atomic mass is 19.1. The molecule has 1 atom stereocenters. The van der Waals surface area contributed by atoms with Crippen LogP contribution in [0.4, 0.5) is 8.78 Å². The van der Waals surface area contributed by atoms with Gasteiger partial charge in [0, 0.05) is 19.5 Å². The van der Waals surface area contributed by atoms with Crippen LogP contribution in [-0.2, 0) is 24.4 Å². The Morgan fingerprint density at radius 2 is 1.82 bits per heavy atom. The molecule has 0 fully saturated rings. The number of amides is 2. The first-order valence-electron chi connectivity index (χ1n) is 12.8. The van der Waals surface area contributed by atoms with Crippen molar-refractivity contribution < 1.29 is 27.5 Å². The molecule has 0 aliphatic carbocycles. The van der Waals surface area contributed by atoms with E-state index in [9.17, 15) is 18.4 Å². The summed E-state index contributed by atoms with van der Waals surface area (Å²) in [5.74, 6) is 0.0899. The molecule has 3 aromatic carbocycles. The molecule has 0 bridgehead atoms. The number of fused-ring (bicyclic) bond motifs is 1. The smallest absolute Gasteiger partial charge is 0.287 e. The number of carbonyl (C=O) groups excluding carboxylic acids is 2. The Labute approximate surface area is 225 Å². The van der Waals surface area contributed by atoms with Gasteiger partial charge in [-0.3, -0.25) is 9.59 Å². The number of halogens is 2. The molecule has 2 amide bonds. The number of furan rings is 1. The maximum atomic E-state index is 14.1. The van der Waals surface area contributed by atoms with Crippen LogP contribution in [0, 0.1) is 11.6 Å². The van der Waals surface area contributed by atoms with Crippen molar-refractivity contribution in [3.05, 3.63) is 124 Å². The fourth-order valence-electron chi connectivity index (χ4n) is 4.79. The average Bonchev–Trinajstić information content (AvgIpc) is 3.43. The van der Waals surface area contributed by atoms with E-state index >= 15 is 0 Å². The Bertz CT molecular complexity index is 1480. The largest absolute Gasteiger partial charge is 0.486 e. The number of nitrogens with one attached hydrogen (secondary N) is 1. The molecule has 0 saturated heterocycles. The van der Waals surface area contributed by atoms with Crippen LogP contribution in [-0.4, -0.2) is 23.3 Å². The van der Waals surface area contributed by atoms with E-state index in [0.29, 0.717) is 36.5 Å². The Morgan fingerprint density at radius 3 is 2.59 bits per heavy atom. The summed E-state index contributed by atoms with van der Waals surface area (Å²) in [7, 11) is 0. The maximum absolute atomic E-state index is 14.1. The van der Waals surface area contributed by atoms with Crippen LogP contribution in [0.25, 0.3) is 0 Å². The van der Waals surface area contributed by atoms with Gasteiger partial charge in [0.1, 0.15) is 29.8 Å². The van der Waals surface area contributed by atoms with Gasteiger partial charge in [-0.25, -0.2) is 8.78 Å². The molecule has 4 aromatic rings. The van der Waals surface area contributed by atoms with Crippen LogP contribution in [0.1, 0.15) is 58.0 Å². The molecule has 0 spiro atoms. The lowest BCUT2D eigenvalue weighted by atomic mass is 9.87. The number of ether oxygens (including phenoxy) is 1. The fourth-order valence-corrected chi connectivity index (χ4v) is 4.79. The lowest BCUT2D eigenvalue weighted by Crippen LogP contribution is -2.40. The maximum Gasteiger partial charge on any atom is 0.287 e. The molecule has 2 heterocycles. The highest BCUT2D eigenvalue weighted by Gasteiger charge is 2.32. The molecule has 1 aliphatic rings. The lowest BCUT2D eigenvalue weighted by Gasteiger charge is -2.38. The van der Waals surface area contributed by atoms with Crippen LogP contribution in [0.5, 0.6) is 5.75 Å². The van der Waals surface area contributed by atoms with Crippen LogP contribution >= 0.6 is 0 Å². The van der Waals surface area contributed by atoms with E-state index in [-0.39, 0.29) is 36.5 Å². The zero-order valence-electron chi connectivity index (χ0n) is 21.5. The summed E-state index contributed by atoms with van der Waals surface area (Å²) < 4.78 is 38.8. The van der Waals surface area contributed by atoms with E-state index in [1.165, 1.54) is 24.3 Å². The van der Waals surface area contributed by atoms with Gasteiger partial charge >= 0.3 is 0 Å². The average molecular weight is 531 g/mol. The van der Waals surface area contributed by atoms with E-state index in [1.54, 1.807) is 35.2 Å². The Morgan fingerprint density at radius 1 is 1.00 bits per heavy atom. The van der Waals surface area contributed by atoms with Gasteiger partial charge < -0.3 is 19.4 Å². The summed E-state index contributed by atoms with van der Waals surface area (Å²) in [5, 5.41) is 2.74. The van der Waals surface area contributed by atoms with Crippen molar-refractivity contribution in [1.29, 1.82) is 0 Å². The first kappa shape index (κ1) is 26.2. The van der Waals surface area contributed by atoms with Crippen molar-refractivity contribution >= 4 is 11.8 Å². The van der Waals surface area contributed by atoms with E-state index in [1.807, 2.05) is 31.2 Å². The number of carbonyl (C=O) groups is 2. The van der Waals surface area contributed by atoms with Crippen molar-refractivity contribution in [2.75, 3.05) is 6.54 Å². The minimum Gasteiger partial charge on any atom is -0.486 e. The van der Waals surface area contributed by atoms with Gasteiger partial charge in [-0.1, -0.05) is 37.3 Å². The van der Waals surface area contributed by atoms with E-state index < -0.39 is 11.9 Å². The topological polar surface area (TPSA) is 71.8 Å². The first-order chi connectivity index (χ1) is 18.9. The normalized spacial score (nSPS) is 14.5. The summed E-state index contributed by atoms with van der Waals surface area (Å²) in [5.41, 5.74) is 3.45. The SMILES string of the molecule is CCC(=O)N1CCc2ccc(OCc3ccc(C(=O)NCc4ccc(F)cc4)o3)cc2C1c1cccc(F)c1. The molecule has 1 aliphatic heterocycles. The van der Waals surface area contributed by atoms with Crippen molar-refractivity contribution in [3.63, 3.8) is 0 Å². The van der Waals surface area contributed by atoms with Gasteiger partial charge in [-0.05, 0) is 77.2 Å². The third-order valence-corrected chi connectivity index (χ3v) is 6.77. The van der Waals surface area contributed by atoms with Crippen LogP contribution < -0.4 is 10.1 Å². The summed E-state index contributed by atoms with van der Waals surface area (Å²) >= 11 is 0. The van der Waals surface area contributed by atoms with Gasteiger partial charge in [-0.2, -0.15) is 0 Å². The molecule has 8 heteroatoms. The van der Waals surface area contributed by atoms with E-state index in [4.69, 9.17) is 9.15 Å². The van der Waals surface area contributed by atoms with E-state index in [2.05, 4.69) is 5.32 Å². The lowest BCUT2D eigenvalue weighted by molar-refractivity contribution is -0.132. The minimum atomic E-state index is -0.416. The van der Waals surface area contributed by atoms with Gasteiger partial charge in [0.2, 0.25) is 5.91 Å². The molecule has 0 saturated carbocycles. The van der Waals surface area contributed by atoms with Crippen LogP contribution in [0.2, 0.25) is 0 Å². The van der Waals surface area contributed by atoms with Crippen molar-refractivity contribution in [2.45, 2.75) is 39.0 Å². The zero-order chi connectivity index (χ0) is 27.4. The Kier molecular flexibility index (Phi) is 7.72. The van der Waals surface area contributed by atoms with Crippen LogP contribution in [0.3, 0.4) is 0 Å². The molecule has 200 valence electrons. The number of hydrogen-bond donors (Lipinski definition) is 1. The van der Waals surface area contributed by atoms with Crippen molar-refractivity contribution in [1.82, 2.24) is 10.2 Å². The first-order valence-corrected chi connectivity index (χ1v) is 12.8. The molecule has 6 nitrogen and oxygen atoms in total. The molecule has 1 aromatic heterocycles. The van der Waals surface area contributed by atoms with Crippen molar-refractivity contribution in [3.8, 4) is 5.75 Å². The van der Waals surface area contributed by atoms with E-state index in [0.717, 1.165) is 16.7 Å². The molecule has 0 radical (unpaired) electrons. The third kappa shape index (κ3) is 6.00. The summed E-state index contributed by atoms with van der Waals surface area (Å²) in [6.45, 7) is 2.71. The fraction of sp³-hybridized carbons (Fsp3) is 0.226. The Balaban J connectivity index is 1.29. The molecule has 5 rings (SSSR count). The molecule has 1 N–H and O–H groups in total. The minimum absolute atomic E-state index is 0.00190.